The van der Waals surface area contributed by atoms with Crippen LogP contribution < -0.4 is 5.73 Å². The van der Waals surface area contributed by atoms with Crippen LogP contribution in [0.5, 0.6) is 0 Å². The molecule has 42 heavy (non-hydrogen) atoms. The lowest BCUT2D eigenvalue weighted by Crippen LogP contribution is -2.51. The van der Waals surface area contributed by atoms with Gasteiger partial charge in [-0.1, -0.05) is 90.2 Å². The van der Waals surface area contributed by atoms with Crippen molar-refractivity contribution in [3.8, 4) is 0 Å². The molecule has 1 saturated heterocycles. The fraction of sp³-hybridized carbons (Fsp3) is 0.688. The second kappa shape index (κ2) is 17.6. The third-order valence-electron chi connectivity index (χ3n) is 8.30. The van der Waals surface area contributed by atoms with Crippen LogP contribution in [0.1, 0.15) is 61.3 Å². The highest BCUT2D eigenvalue weighted by Crippen LogP contribution is 2.29. The SMILES string of the molecule is C=CC=C[C@H](C)[C@H](OC(N)=O)[C@@H](C)[C@H](O)[C@@H](C)CC(C)=C[C@H](C)[C@@H](O)[C@@H](C)C=C[C@@H](O)C[C@@H]1OC(=O)[C@H](O)[C@@H](O)[C@H]1C. The quantitative estimate of drug-likeness (QED) is 0.0888. The minimum atomic E-state index is -1.59. The minimum Gasteiger partial charge on any atom is -0.460 e. The van der Waals surface area contributed by atoms with Crippen molar-refractivity contribution in [3.05, 3.63) is 48.6 Å². The van der Waals surface area contributed by atoms with E-state index < -0.39 is 66.6 Å². The van der Waals surface area contributed by atoms with Crippen molar-refractivity contribution in [2.24, 2.45) is 41.2 Å². The van der Waals surface area contributed by atoms with Crippen LogP contribution in [-0.4, -0.2) is 80.3 Å². The van der Waals surface area contributed by atoms with Crippen LogP contribution in [0.3, 0.4) is 0 Å². The summed E-state index contributed by atoms with van der Waals surface area (Å²) in [5.41, 5.74) is 6.27. The van der Waals surface area contributed by atoms with Crippen LogP contribution >= 0.6 is 0 Å². The van der Waals surface area contributed by atoms with Crippen molar-refractivity contribution >= 4 is 12.1 Å². The Morgan fingerprint density at radius 1 is 1.02 bits per heavy atom. The van der Waals surface area contributed by atoms with Gasteiger partial charge in [0, 0.05) is 36.0 Å². The van der Waals surface area contributed by atoms with Gasteiger partial charge in [-0.05, 0) is 19.3 Å². The summed E-state index contributed by atoms with van der Waals surface area (Å²) in [4.78, 5) is 23.2. The van der Waals surface area contributed by atoms with E-state index >= 15 is 0 Å². The summed E-state index contributed by atoms with van der Waals surface area (Å²) >= 11 is 0. The van der Waals surface area contributed by atoms with Gasteiger partial charge >= 0.3 is 12.1 Å². The van der Waals surface area contributed by atoms with E-state index in [9.17, 15) is 35.1 Å². The summed E-state index contributed by atoms with van der Waals surface area (Å²) in [5.74, 6) is -2.73. The van der Waals surface area contributed by atoms with E-state index in [1.165, 1.54) is 6.08 Å². The number of amides is 1. The Labute approximate surface area is 250 Å². The first-order valence-electron chi connectivity index (χ1n) is 14.7. The molecule has 13 atom stereocenters. The maximum absolute atomic E-state index is 11.7. The molecule has 0 unspecified atom stereocenters. The average molecular weight is 596 g/mol. The molecule has 1 amide bonds. The zero-order valence-electron chi connectivity index (χ0n) is 26.0. The Hall–Kier alpha value is -2.50. The number of aliphatic hydroxyl groups is 5. The molecule has 0 spiro atoms. The van der Waals surface area contributed by atoms with E-state index in [0.29, 0.717) is 6.42 Å². The molecule has 0 bridgehead atoms. The predicted molar refractivity (Wildman–Crippen MR) is 161 cm³/mol. The summed E-state index contributed by atoms with van der Waals surface area (Å²) in [5, 5.41) is 52.1. The standard InChI is InChI=1S/C32H53NO9/c1-9-10-11-19(4)30(42-32(33)40)23(8)27(36)21(6)15-17(2)14-20(5)26(35)18(3)12-13-24(34)16-25-22(7)28(37)29(38)31(39)41-25/h9-14,18-30,34-38H,1,15-16H2,2-8H3,(H2,33,40)/t18-,19-,20-,21-,22-,23-,24+,25-,26-,27+,28-,29+,30-/m0/s1. The number of ether oxygens (including phenoxy) is 2. The lowest BCUT2D eigenvalue weighted by atomic mass is 9.81. The van der Waals surface area contributed by atoms with Gasteiger partial charge in [0.2, 0.25) is 0 Å². The van der Waals surface area contributed by atoms with E-state index in [2.05, 4.69) is 6.58 Å². The first kappa shape index (κ1) is 37.5. The van der Waals surface area contributed by atoms with E-state index in [4.69, 9.17) is 15.2 Å². The van der Waals surface area contributed by atoms with Gasteiger partial charge in [0.05, 0.1) is 24.4 Å². The highest BCUT2D eigenvalue weighted by atomic mass is 16.6. The number of rotatable bonds is 16. The van der Waals surface area contributed by atoms with Gasteiger partial charge in [-0.2, -0.15) is 0 Å². The molecule has 1 aliphatic rings. The van der Waals surface area contributed by atoms with Gasteiger partial charge < -0.3 is 40.7 Å². The molecule has 7 N–H and O–H groups in total. The van der Waals surface area contributed by atoms with Crippen molar-refractivity contribution in [3.63, 3.8) is 0 Å². The first-order valence-corrected chi connectivity index (χ1v) is 14.7. The number of hydrogen-bond donors (Lipinski definition) is 6. The van der Waals surface area contributed by atoms with Gasteiger partial charge in [0.1, 0.15) is 12.2 Å². The third-order valence-corrected chi connectivity index (χ3v) is 8.30. The van der Waals surface area contributed by atoms with Crippen LogP contribution in [0.4, 0.5) is 4.79 Å². The van der Waals surface area contributed by atoms with E-state index in [1.54, 1.807) is 25.2 Å². The Morgan fingerprint density at radius 2 is 1.64 bits per heavy atom. The summed E-state index contributed by atoms with van der Waals surface area (Å²) < 4.78 is 10.5. The van der Waals surface area contributed by atoms with Crippen LogP contribution in [0.2, 0.25) is 0 Å². The van der Waals surface area contributed by atoms with Crippen molar-refractivity contribution in [1.82, 2.24) is 0 Å². The smallest absolute Gasteiger partial charge is 0.404 e. The Bertz CT molecular complexity index is 964. The number of allylic oxidation sites excluding steroid dienone is 3. The van der Waals surface area contributed by atoms with Gasteiger partial charge in [-0.15, -0.1) is 0 Å². The lowest BCUT2D eigenvalue weighted by Gasteiger charge is -2.36. The highest BCUT2D eigenvalue weighted by molar-refractivity contribution is 5.76. The van der Waals surface area contributed by atoms with Crippen LogP contribution in [0.25, 0.3) is 0 Å². The Balaban J connectivity index is 2.76. The topological polar surface area (TPSA) is 180 Å². The molecule has 10 heteroatoms. The Kier molecular flexibility index (Phi) is 15.7. The number of aliphatic hydroxyl groups excluding tert-OH is 5. The molecular formula is C32H53NO9. The predicted octanol–water partition coefficient (Wildman–Crippen LogP) is 3.02. The van der Waals surface area contributed by atoms with Gasteiger partial charge in [-0.25, -0.2) is 9.59 Å². The average Bonchev–Trinajstić information content (AvgIpc) is 2.93. The van der Waals surface area contributed by atoms with E-state index in [-0.39, 0.29) is 30.1 Å². The number of nitrogens with two attached hydrogens (primary N) is 1. The highest BCUT2D eigenvalue weighted by Gasteiger charge is 2.42. The molecule has 1 aliphatic heterocycles. The summed E-state index contributed by atoms with van der Waals surface area (Å²) in [6.45, 7) is 16.6. The van der Waals surface area contributed by atoms with Gasteiger partial charge in [0.15, 0.2) is 6.10 Å². The number of hydrogen-bond acceptors (Lipinski definition) is 9. The second-order valence-corrected chi connectivity index (χ2v) is 12.1. The fourth-order valence-corrected chi connectivity index (χ4v) is 5.60. The molecule has 240 valence electrons. The number of primary amides is 1. The van der Waals surface area contributed by atoms with E-state index in [1.807, 2.05) is 53.7 Å². The van der Waals surface area contributed by atoms with Gasteiger partial charge in [0.25, 0.3) is 0 Å². The minimum absolute atomic E-state index is 0.0534. The molecule has 0 aliphatic carbocycles. The molecular weight excluding hydrogens is 542 g/mol. The van der Waals surface area contributed by atoms with Crippen molar-refractivity contribution in [2.75, 3.05) is 0 Å². The summed E-state index contributed by atoms with van der Waals surface area (Å²) in [6, 6.07) is 0. The molecule has 1 fully saturated rings. The van der Waals surface area contributed by atoms with Gasteiger partial charge in [-0.3, -0.25) is 0 Å². The second-order valence-electron chi connectivity index (χ2n) is 12.1. The molecule has 0 aromatic heterocycles. The molecule has 1 rings (SSSR count). The number of cyclic esters (lactones) is 1. The largest absolute Gasteiger partial charge is 0.460 e. The summed E-state index contributed by atoms with van der Waals surface area (Å²) in [6.07, 6.45) is 3.41. The molecule has 0 aromatic rings. The van der Waals surface area contributed by atoms with Crippen LogP contribution in [0, 0.1) is 35.5 Å². The van der Waals surface area contributed by atoms with Crippen LogP contribution in [0.15, 0.2) is 48.6 Å². The van der Waals surface area contributed by atoms with E-state index in [0.717, 1.165) is 5.57 Å². The molecule has 0 radical (unpaired) electrons. The number of carbonyl (C=O) groups excluding carboxylic acids is 2. The monoisotopic (exact) mass is 595 g/mol. The lowest BCUT2D eigenvalue weighted by molar-refractivity contribution is -0.191. The number of carbonyl (C=O) groups is 2. The van der Waals surface area contributed by atoms with Crippen LogP contribution in [-0.2, 0) is 14.3 Å². The zero-order valence-corrected chi connectivity index (χ0v) is 26.0. The fourth-order valence-electron chi connectivity index (χ4n) is 5.60. The first-order chi connectivity index (χ1) is 19.5. The Morgan fingerprint density at radius 3 is 2.21 bits per heavy atom. The maximum Gasteiger partial charge on any atom is 0.404 e. The molecule has 0 saturated carbocycles. The number of esters is 1. The third kappa shape index (κ3) is 11.3. The molecule has 10 nitrogen and oxygen atoms in total. The maximum atomic E-state index is 11.7. The van der Waals surface area contributed by atoms with Crippen molar-refractivity contribution in [2.45, 2.75) is 104 Å². The summed E-state index contributed by atoms with van der Waals surface area (Å²) in [7, 11) is 0. The normalized spacial score (nSPS) is 28.3. The molecule has 1 heterocycles. The van der Waals surface area contributed by atoms with Crippen molar-refractivity contribution in [1.29, 1.82) is 0 Å². The van der Waals surface area contributed by atoms with Crippen molar-refractivity contribution < 1.29 is 44.6 Å². The zero-order chi connectivity index (χ0) is 32.3. The molecule has 0 aromatic carbocycles.